The number of carbonyl (C=O) groups excluding carboxylic acids is 1. The van der Waals surface area contributed by atoms with E-state index in [4.69, 9.17) is 5.26 Å². The van der Waals surface area contributed by atoms with Gasteiger partial charge in [-0.05, 0) is 35.7 Å². The zero-order valence-electron chi connectivity index (χ0n) is 15.4. The Kier molecular flexibility index (Phi) is 6.58. The molecule has 0 bridgehead atoms. The Labute approximate surface area is 164 Å². The van der Waals surface area contributed by atoms with Gasteiger partial charge >= 0.3 is 6.03 Å². The highest BCUT2D eigenvalue weighted by atomic mass is 16.2. The lowest BCUT2D eigenvalue weighted by Gasteiger charge is -2.13. The molecule has 0 spiro atoms. The molecule has 0 atom stereocenters. The van der Waals surface area contributed by atoms with Crippen LogP contribution in [0.1, 0.15) is 16.7 Å². The lowest BCUT2D eigenvalue weighted by atomic mass is 10.0. The van der Waals surface area contributed by atoms with Gasteiger partial charge in [-0.2, -0.15) is 5.26 Å². The molecule has 0 radical (unpaired) electrons. The topological polar surface area (TPSA) is 89.8 Å². The van der Waals surface area contributed by atoms with Crippen LogP contribution >= 0.6 is 0 Å². The Hall–Kier alpha value is -3.85. The van der Waals surface area contributed by atoms with Gasteiger partial charge in [0.2, 0.25) is 0 Å². The summed E-state index contributed by atoms with van der Waals surface area (Å²) in [6, 6.07) is 23.1. The van der Waals surface area contributed by atoms with Gasteiger partial charge in [0.05, 0.1) is 5.56 Å². The molecule has 2 aromatic carbocycles. The number of para-hydroxylation sites is 1. The molecule has 6 heteroatoms. The van der Waals surface area contributed by atoms with Crippen LogP contribution in [0.4, 0.5) is 16.3 Å². The van der Waals surface area contributed by atoms with Gasteiger partial charge < -0.3 is 16.0 Å². The second-order valence-electron chi connectivity index (χ2n) is 6.14. The maximum Gasteiger partial charge on any atom is 0.319 e. The summed E-state index contributed by atoms with van der Waals surface area (Å²) in [7, 11) is 0. The number of carbonyl (C=O) groups is 1. The maximum atomic E-state index is 12.2. The van der Waals surface area contributed by atoms with Crippen molar-refractivity contribution in [2.24, 2.45) is 0 Å². The number of rotatable bonds is 7. The fraction of sp³-hybridized carbons (Fsp3) is 0.136. The molecule has 0 fully saturated rings. The van der Waals surface area contributed by atoms with Crippen molar-refractivity contribution in [2.45, 2.75) is 6.42 Å². The Bertz CT molecular complexity index is 966. The number of hydrogen-bond donors (Lipinski definition) is 3. The Morgan fingerprint density at radius 1 is 0.964 bits per heavy atom. The molecular formula is C22H21N5O. The van der Waals surface area contributed by atoms with Crippen LogP contribution in [-0.2, 0) is 6.42 Å². The van der Waals surface area contributed by atoms with Crippen LogP contribution in [0, 0.1) is 11.3 Å². The number of anilines is 2. The molecule has 0 aliphatic heterocycles. The number of nitriles is 1. The zero-order chi connectivity index (χ0) is 19.6. The van der Waals surface area contributed by atoms with Crippen LogP contribution in [-0.4, -0.2) is 24.1 Å². The van der Waals surface area contributed by atoms with Crippen molar-refractivity contribution in [3.8, 4) is 6.07 Å². The van der Waals surface area contributed by atoms with Gasteiger partial charge in [0.25, 0.3) is 0 Å². The SMILES string of the molecule is N#Cc1cccnc1NCCNC(=O)Nc1ccccc1Cc1ccccc1. The largest absolute Gasteiger partial charge is 0.367 e. The summed E-state index contributed by atoms with van der Waals surface area (Å²) in [4.78, 5) is 16.4. The minimum Gasteiger partial charge on any atom is -0.367 e. The molecule has 3 N–H and O–H groups in total. The lowest BCUT2D eigenvalue weighted by molar-refractivity contribution is 0.252. The van der Waals surface area contributed by atoms with E-state index < -0.39 is 0 Å². The summed E-state index contributed by atoms with van der Waals surface area (Å²) in [6.45, 7) is 0.860. The average Bonchev–Trinajstić information content (AvgIpc) is 2.74. The fourth-order valence-electron chi connectivity index (χ4n) is 2.77. The summed E-state index contributed by atoms with van der Waals surface area (Å²) in [6.07, 6.45) is 2.36. The molecule has 28 heavy (non-hydrogen) atoms. The third-order valence-corrected chi connectivity index (χ3v) is 4.13. The number of pyridine rings is 1. The van der Waals surface area contributed by atoms with E-state index in [-0.39, 0.29) is 6.03 Å². The third-order valence-electron chi connectivity index (χ3n) is 4.13. The number of benzene rings is 2. The van der Waals surface area contributed by atoms with Crippen LogP contribution in [0.2, 0.25) is 0 Å². The molecule has 6 nitrogen and oxygen atoms in total. The smallest absolute Gasteiger partial charge is 0.319 e. The van der Waals surface area contributed by atoms with Crippen molar-refractivity contribution in [1.82, 2.24) is 10.3 Å². The maximum absolute atomic E-state index is 12.2. The van der Waals surface area contributed by atoms with Crippen molar-refractivity contribution in [1.29, 1.82) is 5.26 Å². The predicted octanol–water partition coefficient (Wildman–Crippen LogP) is 3.78. The van der Waals surface area contributed by atoms with Crippen LogP contribution < -0.4 is 16.0 Å². The summed E-state index contributed by atoms with van der Waals surface area (Å²) in [5.74, 6) is 0.514. The first-order valence-electron chi connectivity index (χ1n) is 9.02. The Morgan fingerprint density at radius 3 is 2.57 bits per heavy atom. The van der Waals surface area contributed by atoms with E-state index in [0.717, 1.165) is 17.7 Å². The molecule has 2 amide bonds. The lowest BCUT2D eigenvalue weighted by Crippen LogP contribution is -2.33. The van der Waals surface area contributed by atoms with Crippen LogP contribution in [0.15, 0.2) is 72.9 Å². The number of nitrogens with zero attached hydrogens (tertiary/aromatic N) is 2. The first-order valence-corrected chi connectivity index (χ1v) is 9.02. The summed E-state index contributed by atoms with van der Waals surface area (Å²) in [5.41, 5.74) is 3.49. The summed E-state index contributed by atoms with van der Waals surface area (Å²) < 4.78 is 0. The van der Waals surface area contributed by atoms with E-state index in [0.29, 0.717) is 24.5 Å². The average molecular weight is 371 g/mol. The molecular weight excluding hydrogens is 350 g/mol. The normalized spacial score (nSPS) is 9.96. The molecule has 0 aliphatic rings. The second-order valence-corrected chi connectivity index (χ2v) is 6.14. The van der Waals surface area contributed by atoms with Crippen LogP contribution in [0.5, 0.6) is 0 Å². The minimum absolute atomic E-state index is 0.274. The first kappa shape index (κ1) is 18.9. The van der Waals surface area contributed by atoms with Crippen molar-refractivity contribution in [2.75, 3.05) is 23.7 Å². The molecule has 0 unspecified atom stereocenters. The highest BCUT2D eigenvalue weighted by Gasteiger charge is 2.07. The van der Waals surface area contributed by atoms with Crippen molar-refractivity contribution in [3.63, 3.8) is 0 Å². The summed E-state index contributed by atoms with van der Waals surface area (Å²) >= 11 is 0. The van der Waals surface area contributed by atoms with E-state index >= 15 is 0 Å². The fourth-order valence-corrected chi connectivity index (χ4v) is 2.77. The second kappa shape index (κ2) is 9.74. The van der Waals surface area contributed by atoms with Gasteiger partial charge in [-0.15, -0.1) is 0 Å². The standard InChI is InChI=1S/C22H21N5O/c23-16-19-10-6-12-24-21(19)25-13-14-26-22(28)27-20-11-5-4-9-18(20)15-17-7-2-1-3-8-17/h1-12H,13-15H2,(H,24,25)(H2,26,27,28). The van der Waals surface area contributed by atoms with E-state index in [1.807, 2.05) is 42.5 Å². The van der Waals surface area contributed by atoms with E-state index in [2.05, 4.69) is 39.1 Å². The van der Waals surface area contributed by atoms with Gasteiger partial charge in [-0.25, -0.2) is 9.78 Å². The number of hydrogen-bond acceptors (Lipinski definition) is 4. The highest BCUT2D eigenvalue weighted by Crippen LogP contribution is 2.19. The predicted molar refractivity (Wildman–Crippen MR) is 110 cm³/mol. The van der Waals surface area contributed by atoms with Crippen molar-refractivity contribution >= 4 is 17.5 Å². The molecule has 0 saturated carbocycles. The van der Waals surface area contributed by atoms with Gasteiger partial charge in [-0.3, -0.25) is 0 Å². The van der Waals surface area contributed by atoms with Gasteiger partial charge in [0.15, 0.2) is 0 Å². The third kappa shape index (κ3) is 5.32. The zero-order valence-corrected chi connectivity index (χ0v) is 15.4. The number of amides is 2. The van der Waals surface area contributed by atoms with Crippen LogP contribution in [0.3, 0.4) is 0 Å². The highest BCUT2D eigenvalue weighted by molar-refractivity contribution is 5.90. The Morgan fingerprint density at radius 2 is 1.75 bits per heavy atom. The Balaban J connectivity index is 1.51. The number of nitrogens with one attached hydrogen (secondary N) is 3. The molecule has 3 aromatic rings. The quantitative estimate of drug-likeness (QED) is 0.551. The number of aromatic nitrogens is 1. The van der Waals surface area contributed by atoms with Crippen LogP contribution in [0.25, 0.3) is 0 Å². The van der Waals surface area contributed by atoms with Crippen molar-refractivity contribution in [3.05, 3.63) is 89.6 Å². The molecule has 140 valence electrons. The van der Waals surface area contributed by atoms with E-state index in [1.165, 1.54) is 5.56 Å². The molecule has 3 rings (SSSR count). The number of urea groups is 1. The first-order chi connectivity index (χ1) is 13.8. The van der Waals surface area contributed by atoms with Gasteiger partial charge in [0.1, 0.15) is 11.9 Å². The molecule has 0 aliphatic carbocycles. The van der Waals surface area contributed by atoms with E-state index in [1.54, 1.807) is 18.3 Å². The van der Waals surface area contributed by atoms with Gasteiger partial charge in [0, 0.05) is 25.0 Å². The molecule has 1 aromatic heterocycles. The summed E-state index contributed by atoms with van der Waals surface area (Å²) in [5, 5.41) is 17.8. The molecule has 0 saturated heterocycles. The van der Waals surface area contributed by atoms with Gasteiger partial charge in [-0.1, -0.05) is 48.5 Å². The molecule has 1 heterocycles. The minimum atomic E-state index is -0.274. The monoisotopic (exact) mass is 371 g/mol. The van der Waals surface area contributed by atoms with Crippen molar-refractivity contribution < 1.29 is 4.79 Å². The van der Waals surface area contributed by atoms with E-state index in [9.17, 15) is 4.79 Å².